The SMILES string of the molecule is CCC=CC[C@H]1C(=O)CC[C@H]1CCCC(=O)O. The Kier molecular flexibility index (Phi) is 5.95. The first kappa shape index (κ1) is 13.9. The van der Waals surface area contributed by atoms with Crippen LogP contribution in [0.1, 0.15) is 51.9 Å². The van der Waals surface area contributed by atoms with Crippen molar-refractivity contribution in [1.82, 2.24) is 0 Å². The molecule has 0 spiro atoms. The number of aliphatic carboxylic acids is 1. The van der Waals surface area contributed by atoms with E-state index in [2.05, 4.69) is 19.1 Å². The Balaban J connectivity index is 2.38. The van der Waals surface area contributed by atoms with E-state index in [1.165, 1.54) is 0 Å². The zero-order valence-electron chi connectivity index (χ0n) is 10.5. The van der Waals surface area contributed by atoms with Crippen molar-refractivity contribution in [2.45, 2.75) is 51.9 Å². The fraction of sp³-hybridized carbons (Fsp3) is 0.714. The van der Waals surface area contributed by atoms with E-state index in [-0.39, 0.29) is 12.3 Å². The van der Waals surface area contributed by atoms with Crippen LogP contribution in [0.3, 0.4) is 0 Å². The lowest BCUT2D eigenvalue weighted by Gasteiger charge is -2.16. The molecule has 0 aliphatic heterocycles. The Labute approximate surface area is 103 Å². The van der Waals surface area contributed by atoms with Crippen LogP contribution in [0.5, 0.6) is 0 Å². The molecule has 0 amide bonds. The Morgan fingerprint density at radius 3 is 2.88 bits per heavy atom. The van der Waals surface area contributed by atoms with Crippen LogP contribution >= 0.6 is 0 Å². The average Bonchev–Trinajstić information content (AvgIpc) is 2.61. The van der Waals surface area contributed by atoms with Gasteiger partial charge in [0.25, 0.3) is 0 Å². The summed E-state index contributed by atoms with van der Waals surface area (Å²) in [6.45, 7) is 2.08. The lowest BCUT2D eigenvalue weighted by molar-refractivity contribution is -0.137. The Morgan fingerprint density at radius 2 is 2.24 bits per heavy atom. The molecule has 1 fully saturated rings. The second kappa shape index (κ2) is 7.25. The smallest absolute Gasteiger partial charge is 0.303 e. The van der Waals surface area contributed by atoms with Gasteiger partial charge in [-0.05, 0) is 38.0 Å². The number of hydrogen-bond acceptors (Lipinski definition) is 2. The zero-order chi connectivity index (χ0) is 12.7. The number of allylic oxidation sites excluding steroid dienone is 2. The highest BCUT2D eigenvalue weighted by atomic mass is 16.4. The summed E-state index contributed by atoms with van der Waals surface area (Å²) in [5.74, 6) is 0.179. The van der Waals surface area contributed by atoms with Gasteiger partial charge >= 0.3 is 5.97 Å². The molecule has 1 aliphatic rings. The third-order valence-electron chi connectivity index (χ3n) is 3.50. The first-order valence-corrected chi connectivity index (χ1v) is 6.54. The molecule has 1 N–H and O–H groups in total. The third kappa shape index (κ3) is 4.72. The van der Waals surface area contributed by atoms with Crippen molar-refractivity contribution in [3.05, 3.63) is 12.2 Å². The van der Waals surface area contributed by atoms with E-state index in [1.54, 1.807) is 0 Å². The predicted molar refractivity (Wildman–Crippen MR) is 66.8 cm³/mol. The average molecular weight is 238 g/mol. The van der Waals surface area contributed by atoms with E-state index < -0.39 is 5.97 Å². The highest BCUT2D eigenvalue weighted by molar-refractivity contribution is 5.83. The van der Waals surface area contributed by atoms with Gasteiger partial charge in [0.05, 0.1) is 0 Å². The number of hydrogen-bond donors (Lipinski definition) is 1. The molecular weight excluding hydrogens is 216 g/mol. The Bertz CT molecular complexity index is 294. The van der Waals surface area contributed by atoms with Crippen molar-refractivity contribution < 1.29 is 14.7 Å². The van der Waals surface area contributed by atoms with Gasteiger partial charge in [0.1, 0.15) is 5.78 Å². The molecule has 3 heteroatoms. The summed E-state index contributed by atoms with van der Waals surface area (Å²) >= 11 is 0. The zero-order valence-corrected chi connectivity index (χ0v) is 10.5. The Hall–Kier alpha value is -1.12. The van der Waals surface area contributed by atoms with E-state index >= 15 is 0 Å². The minimum Gasteiger partial charge on any atom is -0.481 e. The molecule has 1 rings (SSSR count). The van der Waals surface area contributed by atoms with Gasteiger partial charge < -0.3 is 5.11 Å². The Morgan fingerprint density at radius 1 is 1.47 bits per heavy atom. The largest absolute Gasteiger partial charge is 0.481 e. The molecule has 96 valence electrons. The summed E-state index contributed by atoms with van der Waals surface area (Å²) in [5.41, 5.74) is 0. The highest BCUT2D eigenvalue weighted by Crippen LogP contribution is 2.35. The fourth-order valence-electron chi connectivity index (χ4n) is 2.57. The normalized spacial score (nSPS) is 24.6. The summed E-state index contributed by atoms with van der Waals surface area (Å²) in [6, 6.07) is 0. The van der Waals surface area contributed by atoms with Crippen LogP contribution in [0.2, 0.25) is 0 Å². The molecule has 0 aromatic carbocycles. The van der Waals surface area contributed by atoms with E-state index in [0.29, 0.717) is 24.5 Å². The standard InChI is InChI=1S/C14H22O3/c1-2-3-4-7-12-11(9-10-13(12)15)6-5-8-14(16)17/h3-4,11-12H,2,5-10H2,1H3,(H,16,17)/t11-,12-/m1/s1. The maximum Gasteiger partial charge on any atom is 0.303 e. The predicted octanol–water partition coefficient (Wildman–Crippen LogP) is 3.19. The van der Waals surface area contributed by atoms with Crippen LogP contribution < -0.4 is 0 Å². The number of carbonyl (C=O) groups excluding carboxylic acids is 1. The molecule has 0 aromatic heterocycles. The van der Waals surface area contributed by atoms with Crippen LogP contribution in [0, 0.1) is 11.8 Å². The maximum absolute atomic E-state index is 11.7. The van der Waals surface area contributed by atoms with E-state index in [0.717, 1.165) is 25.7 Å². The second-order valence-corrected chi connectivity index (χ2v) is 4.77. The van der Waals surface area contributed by atoms with Crippen molar-refractivity contribution in [1.29, 1.82) is 0 Å². The molecule has 0 bridgehead atoms. The van der Waals surface area contributed by atoms with Crippen molar-refractivity contribution in [3.63, 3.8) is 0 Å². The number of ketones is 1. The fourth-order valence-corrected chi connectivity index (χ4v) is 2.57. The minimum absolute atomic E-state index is 0.145. The second-order valence-electron chi connectivity index (χ2n) is 4.77. The summed E-state index contributed by atoms with van der Waals surface area (Å²) < 4.78 is 0. The number of Topliss-reactive ketones (excluding diaryl/α,β-unsaturated/α-hetero) is 1. The van der Waals surface area contributed by atoms with Crippen molar-refractivity contribution in [2.24, 2.45) is 11.8 Å². The van der Waals surface area contributed by atoms with Crippen LogP contribution in [0.25, 0.3) is 0 Å². The van der Waals surface area contributed by atoms with Crippen LogP contribution in [0.4, 0.5) is 0 Å². The van der Waals surface area contributed by atoms with Gasteiger partial charge in [-0.1, -0.05) is 19.1 Å². The molecule has 1 saturated carbocycles. The molecule has 3 nitrogen and oxygen atoms in total. The topological polar surface area (TPSA) is 54.4 Å². The van der Waals surface area contributed by atoms with Gasteiger partial charge in [-0.25, -0.2) is 0 Å². The van der Waals surface area contributed by atoms with Crippen LogP contribution in [-0.2, 0) is 9.59 Å². The van der Waals surface area contributed by atoms with E-state index in [9.17, 15) is 9.59 Å². The summed E-state index contributed by atoms with van der Waals surface area (Å²) in [7, 11) is 0. The minimum atomic E-state index is -0.739. The molecule has 2 atom stereocenters. The molecule has 17 heavy (non-hydrogen) atoms. The molecule has 0 unspecified atom stereocenters. The molecule has 0 radical (unpaired) electrons. The van der Waals surface area contributed by atoms with E-state index in [1.807, 2.05) is 0 Å². The lowest BCUT2D eigenvalue weighted by atomic mass is 9.88. The first-order chi connectivity index (χ1) is 8.15. The molecule has 0 saturated heterocycles. The van der Waals surface area contributed by atoms with Gasteiger partial charge in [0, 0.05) is 18.8 Å². The summed E-state index contributed by atoms with van der Waals surface area (Å²) in [6.07, 6.45) is 9.46. The van der Waals surface area contributed by atoms with Gasteiger partial charge in [0.15, 0.2) is 0 Å². The summed E-state index contributed by atoms with van der Waals surface area (Å²) in [4.78, 5) is 22.2. The lowest BCUT2D eigenvalue weighted by Crippen LogP contribution is -2.14. The molecule has 1 aliphatic carbocycles. The quantitative estimate of drug-likeness (QED) is 0.693. The number of carbonyl (C=O) groups is 2. The first-order valence-electron chi connectivity index (χ1n) is 6.54. The highest BCUT2D eigenvalue weighted by Gasteiger charge is 2.32. The van der Waals surface area contributed by atoms with Gasteiger partial charge in [-0.3, -0.25) is 9.59 Å². The van der Waals surface area contributed by atoms with E-state index in [4.69, 9.17) is 5.11 Å². The van der Waals surface area contributed by atoms with Crippen molar-refractivity contribution in [2.75, 3.05) is 0 Å². The number of carboxylic acid groups (broad SMARTS) is 1. The van der Waals surface area contributed by atoms with Crippen LogP contribution in [-0.4, -0.2) is 16.9 Å². The van der Waals surface area contributed by atoms with Gasteiger partial charge in [0.2, 0.25) is 0 Å². The maximum atomic E-state index is 11.7. The van der Waals surface area contributed by atoms with Crippen molar-refractivity contribution in [3.8, 4) is 0 Å². The monoisotopic (exact) mass is 238 g/mol. The van der Waals surface area contributed by atoms with Gasteiger partial charge in [-0.2, -0.15) is 0 Å². The number of rotatable bonds is 7. The molecule has 0 heterocycles. The molecule has 0 aromatic rings. The summed E-state index contributed by atoms with van der Waals surface area (Å²) in [5, 5.41) is 8.60. The third-order valence-corrected chi connectivity index (χ3v) is 3.50. The number of carboxylic acids is 1. The van der Waals surface area contributed by atoms with Crippen molar-refractivity contribution >= 4 is 11.8 Å². The van der Waals surface area contributed by atoms with Crippen LogP contribution in [0.15, 0.2) is 12.2 Å². The van der Waals surface area contributed by atoms with Gasteiger partial charge in [-0.15, -0.1) is 0 Å². The molecular formula is C14H22O3.